The van der Waals surface area contributed by atoms with E-state index in [9.17, 15) is 4.79 Å². The molecule has 0 saturated heterocycles. The van der Waals surface area contributed by atoms with Crippen molar-refractivity contribution in [2.75, 3.05) is 0 Å². The van der Waals surface area contributed by atoms with Crippen molar-refractivity contribution >= 4 is 17.1 Å². The van der Waals surface area contributed by atoms with E-state index in [1.165, 1.54) is 11.3 Å². The van der Waals surface area contributed by atoms with Crippen LogP contribution in [-0.2, 0) is 12.8 Å². The number of amides is 1. The minimum Gasteiger partial charge on any atom is -0.349 e. The molecule has 0 aliphatic heterocycles. The average Bonchev–Trinajstić information content (AvgIpc) is 3.20. The summed E-state index contributed by atoms with van der Waals surface area (Å²) in [7, 11) is 0. The fraction of sp³-hybridized carbons (Fsp3) is 0.412. The van der Waals surface area contributed by atoms with Gasteiger partial charge >= 0.3 is 0 Å². The predicted molar refractivity (Wildman–Crippen MR) is 89.8 cm³/mol. The second-order valence-corrected chi connectivity index (χ2v) is 6.60. The SMILES string of the molecule is CC(C)n1cnc2cc(C(=O)NC3CCc4[nH]ncc4C3)cnc21. The van der Waals surface area contributed by atoms with Gasteiger partial charge in [-0.2, -0.15) is 5.10 Å². The maximum absolute atomic E-state index is 12.5. The summed E-state index contributed by atoms with van der Waals surface area (Å²) >= 11 is 0. The molecule has 1 amide bonds. The Hall–Kier alpha value is -2.70. The Morgan fingerprint density at radius 2 is 2.25 bits per heavy atom. The molecule has 0 radical (unpaired) electrons. The van der Waals surface area contributed by atoms with Gasteiger partial charge in [-0.1, -0.05) is 0 Å². The Balaban J connectivity index is 1.51. The van der Waals surface area contributed by atoms with Gasteiger partial charge in [-0.05, 0) is 44.7 Å². The lowest BCUT2D eigenvalue weighted by Gasteiger charge is -2.22. The fourth-order valence-electron chi connectivity index (χ4n) is 3.23. The van der Waals surface area contributed by atoms with Gasteiger partial charge in [0.2, 0.25) is 0 Å². The molecule has 4 rings (SSSR count). The smallest absolute Gasteiger partial charge is 0.253 e. The van der Waals surface area contributed by atoms with Crippen molar-refractivity contribution < 1.29 is 4.79 Å². The Morgan fingerprint density at radius 1 is 1.38 bits per heavy atom. The summed E-state index contributed by atoms with van der Waals surface area (Å²) in [5.74, 6) is -0.0968. The van der Waals surface area contributed by atoms with Gasteiger partial charge in [-0.25, -0.2) is 9.97 Å². The van der Waals surface area contributed by atoms with Gasteiger partial charge in [0.15, 0.2) is 5.65 Å². The second kappa shape index (κ2) is 5.74. The average molecular weight is 324 g/mol. The van der Waals surface area contributed by atoms with Gasteiger partial charge < -0.3 is 9.88 Å². The third-order valence-corrected chi connectivity index (χ3v) is 4.58. The van der Waals surface area contributed by atoms with Crippen LogP contribution in [0.2, 0.25) is 0 Å². The van der Waals surface area contributed by atoms with Crippen molar-refractivity contribution in [2.24, 2.45) is 0 Å². The normalized spacial score (nSPS) is 17.2. The quantitative estimate of drug-likeness (QED) is 0.771. The number of aromatic amines is 1. The third kappa shape index (κ3) is 2.55. The molecule has 1 unspecified atom stereocenters. The summed E-state index contributed by atoms with van der Waals surface area (Å²) in [6, 6.07) is 2.22. The van der Waals surface area contributed by atoms with E-state index in [1.54, 1.807) is 12.5 Å². The molecule has 7 heteroatoms. The van der Waals surface area contributed by atoms with E-state index in [2.05, 4.69) is 39.3 Å². The lowest BCUT2D eigenvalue weighted by Crippen LogP contribution is -2.38. The number of nitrogens with zero attached hydrogens (tertiary/aromatic N) is 4. The molecule has 0 aromatic carbocycles. The van der Waals surface area contributed by atoms with Crippen LogP contribution < -0.4 is 5.32 Å². The maximum atomic E-state index is 12.5. The van der Waals surface area contributed by atoms with E-state index in [4.69, 9.17) is 0 Å². The highest BCUT2D eigenvalue weighted by molar-refractivity contribution is 5.96. The maximum Gasteiger partial charge on any atom is 0.253 e. The zero-order chi connectivity index (χ0) is 16.7. The van der Waals surface area contributed by atoms with Crippen molar-refractivity contribution in [2.45, 2.75) is 45.2 Å². The van der Waals surface area contributed by atoms with Crippen LogP contribution in [0.4, 0.5) is 0 Å². The summed E-state index contributed by atoms with van der Waals surface area (Å²) in [5, 5.41) is 10.2. The Bertz CT molecular complexity index is 894. The Kier molecular flexibility index (Phi) is 3.55. The van der Waals surface area contributed by atoms with Crippen molar-refractivity contribution in [1.82, 2.24) is 30.0 Å². The van der Waals surface area contributed by atoms with E-state index in [-0.39, 0.29) is 18.0 Å². The summed E-state index contributed by atoms with van der Waals surface area (Å²) in [6.07, 6.45) is 7.89. The minimum atomic E-state index is -0.0968. The minimum absolute atomic E-state index is 0.0968. The van der Waals surface area contributed by atoms with Gasteiger partial charge in [0.1, 0.15) is 5.52 Å². The molecule has 0 bridgehead atoms. The third-order valence-electron chi connectivity index (χ3n) is 4.58. The number of hydrogen-bond donors (Lipinski definition) is 2. The van der Waals surface area contributed by atoms with E-state index in [0.29, 0.717) is 5.56 Å². The van der Waals surface area contributed by atoms with E-state index in [0.717, 1.165) is 30.4 Å². The van der Waals surface area contributed by atoms with Gasteiger partial charge in [-0.15, -0.1) is 0 Å². The largest absolute Gasteiger partial charge is 0.349 e. The molecule has 0 saturated carbocycles. The van der Waals surface area contributed by atoms with Crippen LogP contribution >= 0.6 is 0 Å². The van der Waals surface area contributed by atoms with Gasteiger partial charge in [0, 0.05) is 24.0 Å². The Morgan fingerprint density at radius 3 is 3.08 bits per heavy atom. The first-order valence-electron chi connectivity index (χ1n) is 8.26. The van der Waals surface area contributed by atoms with Crippen molar-refractivity contribution in [3.63, 3.8) is 0 Å². The monoisotopic (exact) mass is 324 g/mol. The summed E-state index contributed by atoms with van der Waals surface area (Å²) in [6.45, 7) is 4.16. The number of H-pyrrole nitrogens is 1. The highest BCUT2D eigenvalue weighted by atomic mass is 16.1. The highest BCUT2D eigenvalue weighted by Crippen LogP contribution is 2.20. The number of imidazole rings is 1. The zero-order valence-corrected chi connectivity index (χ0v) is 13.8. The lowest BCUT2D eigenvalue weighted by atomic mass is 9.93. The molecule has 3 heterocycles. The van der Waals surface area contributed by atoms with Crippen LogP contribution in [0.5, 0.6) is 0 Å². The fourth-order valence-corrected chi connectivity index (χ4v) is 3.23. The van der Waals surface area contributed by atoms with Crippen LogP contribution in [0.3, 0.4) is 0 Å². The number of hydrogen-bond acceptors (Lipinski definition) is 4. The standard InChI is InChI=1S/C17H20N6O/c1-10(2)23-9-19-15-6-12(7-18-16(15)23)17(24)21-13-3-4-14-11(5-13)8-20-22-14/h6-10,13H,3-5H2,1-2H3,(H,20,22)(H,21,24). The molecule has 7 nitrogen and oxygen atoms in total. The van der Waals surface area contributed by atoms with Gasteiger partial charge in [-0.3, -0.25) is 9.89 Å². The number of carbonyl (C=O) groups excluding carboxylic acids is 1. The molecule has 0 fully saturated rings. The number of aromatic nitrogens is 5. The number of nitrogens with one attached hydrogen (secondary N) is 2. The van der Waals surface area contributed by atoms with Crippen LogP contribution in [0.25, 0.3) is 11.2 Å². The van der Waals surface area contributed by atoms with Gasteiger partial charge in [0.05, 0.1) is 18.1 Å². The number of carbonyl (C=O) groups is 1. The first kappa shape index (κ1) is 14.9. The number of fused-ring (bicyclic) bond motifs is 2. The predicted octanol–water partition coefficient (Wildman–Crippen LogP) is 2.02. The number of rotatable bonds is 3. The first-order chi connectivity index (χ1) is 11.6. The molecule has 3 aromatic rings. The van der Waals surface area contributed by atoms with Crippen LogP contribution in [0, 0.1) is 0 Å². The highest BCUT2D eigenvalue weighted by Gasteiger charge is 2.22. The first-order valence-corrected chi connectivity index (χ1v) is 8.26. The van der Waals surface area contributed by atoms with Crippen molar-refractivity contribution in [3.05, 3.63) is 41.6 Å². The van der Waals surface area contributed by atoms with Crippen molar-refractivity contribution in [3.8, 4) is 0 Å². The van der Waals surface area contributed by atoms with E-state index >= 15 is 0 Å². The Labute approximate surface area is 139 Å². The summed E-state index contributed by atoms with van der Waals surface area (Å²) in [5.41, 5.74) is 4.48. The molecule has 2 N–H and O–H groups in total. The van der Waals surface area contributed by atoms with Crippen molar-refractivity contribution in [1.29, 1.82) is 0 Å². The topological polar surface area (TPSA) is 88.5 Å². The lowest BCUT2D eigenvalue weighted by molar-refractivity contribution is 0.0933. The molecular weight excluding hydrogens is 304 g/mol. The molecule has 3 aromatic heterocycles. The molecule has 124 valence electrons. The van der Waals surface area contributed by atoms with E-state index < -0.39 is 0 Å². The number of aryl methyl sites for hydroxylation is 1. The molecule has 24 heavy (non-hydrogen) atoms. The molecule has 1 aliphatic rings. The molecular formula is C17H20N6O. The molecule has 1 atom stereocenters. The summed E-state index contributed by atoms with van der Waals surface area (Å²) < 4.78 is 2.00. The van der Waals surface area contributed by atoms with E-state index in [1.807, 2.05) is 16.8 Å². The molecule has 0 spiro atoms. The second-order valence-electron chi connectivity index (χ2n) is 6.60. The number of pyridine rings is 1. The molecule has 1 aliphatic carbocycles. The van der Waals surface area contributed by atoms with Gasteiger partial charge in [0.25, 0.3) is 5.91 Å². The zero-order valence-electron chi connectivity index (χ0n) is 13.8. The summed E-state index contributed by atoms with van der Waals surface area (Å²) in [4.78, 5) is 21.3. The van der Waals surface area contributed by atoms with Crippen LogP contribution in [-0.4, -0.2) is 36.7 Å². The van der Waals surface area contributed by atoms with Crippen LogP contribution in [0.15, 0.2) is 24.8 Å². The van der Waals surface area contributed by atoms with Crippen LogP contribution in [0.1, 0.15) is 47.9 Å².